The van der Waals surface area contributed by atoms with Gasteiger partial charge in [0.25, 0.3) is 0 Å². The van der Waals surface area contributed by atoms with Crippen molar-refractivity contribution in [2.24, 2.45) is 0 Å². The van der Waals surface area contributed by atoms with Gasteiger partial charge in [0.2, 0.25) is 0 Å². The molecule has 1 aromatic heterocycles. The molecule has 0 bridgehead atoms. The van der Waals surface area contributed by atoms with Gasteiger partial charge in [-0.05, 0) is 140 Å². The summed E-state index contributed by atoms with van der Waals surface area (Å²) in [4.78, 5) is 2.55. The molecule has 0 fully saturated rings. The Morgan fingerprint density at radius 2 is 0.857 bits per heavy atom. The number of benzene rings is 10. The molecule has 336 valence electrons. The largest absolute Gasteiger partial charge is 0.309 e. The van der Waals surface area contributed by atoms with Crippen molar-refractivity contribution in [1.82, 2.24) is 4.57 Å². The first-order chi connectivity index (χ1) is 34.4. The maximum absolute atomic E-state index is 2.55. The van der Waals surface area contributed by atoms with Crippen LogP contribution < -0.4 is 4.90 Å². The van der Waals surface area contributed by atoms with Crippen molar-refractivity contribution in [3.05, 3.63) is 253 Å². The molecule has 0 saturated heterocycles. The third kappa shape index (κ3) is 6.26. The fourth-order valence-corrected chi connectivity index (χ4v) is 12.6. The van der Waals surface area contributed by atoms with Gasteiger partial charge in [-0.3, -0.25) is 0 Å². The molecule has 2 nitrogen and oxygen atoms in total. The third-order valence-electron chi connectivity index (χ3n) is 16.1. The standard InChI is InChI=1S/C68H54N2/c1-5-68(6-2)61-43-49(36-39-55(61)56-40-37-50(44-62(56)68)70-65-33-18-13-28-57(65)58-29-14-19-34-66(58)70)69(63-31-16-11-25-51(63)47-24-20-23-46(41-47)45-21-8-7-9-22-45)64-32-17-12-26-52(64)48-35-38-54-53-27-10-15-30-59(53)67(3,4)60(54)42-48/h7-44H,5-6H2,1-4H3. The van der Waals surface area contributed by atoms with Gasteiger partial charge in [0.05, 0.1) is 22.4 Å². The highest BCUT2D eigenvalue weighted by Crippen LogP contribution is 2.56. The summed E-state index contributed by atoms with van der Waals surface area (Å²) in [5, 5.41) is 2.56. The minimum absolute atomic E-state index is 0.118. The van der Waals surface area contributed by atoms with Gasteiger partial charge in [-0.1, -0.05) is 198 Å². The Balaban J connectivity index is 1.01. The van der Waals surface area contributed by atoms with Crippen molar-refractivity contribution >= 4 is 38.9 Å². The normalized spacial score (nSPS) is 13.8. The van der Waals surface area contributed by atoms with Crippen LogP contribution in [0.25, 0.3) is 83.1 Å². The van der Waals surface area contributed by atoms with Gasteiger partial charge >= 0.3 is 0 Å². The van der Waals surface area contributed by atoms with Gasteiger partial charge in [-0.15, -0.1) is 0 Å². The molecule has 2 aliphatic carbocycles. The first-order valence-electron chi connectivity index (χ1n) is 25.0. The summed E-state index contributed by atoms with van der Waals surface area (Å²) in [6, 6.07) is 86.2. The van der Waals surface area contributed by atoms with Crippen LogP contribution in [-0.2, 0) is 10.8 Å². The molecule has 13 rings (SSSR count). The Kier molecular flexibility index (Phi) is 9.72. The van der Waals surface area contributed by atoms with Crippen LogP contribution in [0.2, 0.25) is 0 Å². The second-order valence-corrected chi connectivity index (χ2v) is 19.9. The molecule has 0 unspecified atom stereocenters. The Labute approximate surface area is 411 Å². The predicted molar refractivity (Wildman–Crippen MR) is 296 cm³/mol. The fourth-order valence-electron chi connectivity index (χ4n) is 12.6. The predicted octanol–water partition coefficient (Wildman–Crippen LogP) is 18.6. The molecule has 2 aliphatic rings. The molecule has 10 aromatic carbocycles. The van der Waals surface area contributed by atoms with Crippen molar-refractivity contribution < 1.29 is 0 Å². The van der Waals surface area contributed by atoms with Crippen molar-refractivity contribution in [3.63, 3.8) is 0 Å². The monoisotopic (exact) mass is 898 g/mol. The van der Waals surface area contributed by atoms with E-state index in [0.717, 1.165) is 29.9 Å². The molecular formula is C68H54N2. The average Bonchev–Trinajstić information content (AvgIpc) is 3.99. The summed E-state index contributed by atoms with van der Waals surface area (Å²) in [6.07, 6.45) is 1.96. The van der Waals surface area contributed by atoms with E-state index in [1.807, 2.05) is 0 Å². The zero-order valence-corrected chi connectivity index (χ0v) is 40.2. The van der Waals surface area contributed by atoms with E-state index < -0.39 is 0 Å². The van der Waals surface area contributed by atoms with Crippen LogP contribution in [0.15, 0.2) is 231 Å². The molecule has 0 aliphatic heterocycles. The SMILES string of the molecule is CCC1(CC)c2cc(N(c3ccccc3-c3cccc(-c4ccccc4)c3)c3ccccc3-c3ccc4c(c3)C(C)(C)c3ccccc3-4)ccc2-c2ccc(-n3c4ccccc4c4ccccc43)cc21. The van der Waals surface area contributed by atoms with Gasteiger partial charge in [-0.25, -0.2) is 0 Å². The topological polar surface area (TPSA) is 8.17 Å². The molecule has 0 saturated carbocycles. The van der Waals surface area contributed by atoms with Crippen molar-refractivity contribution in [2.75, 3.05) is 4.90 Å². The van der Waals surface area contributed by atoms with E-state index in [1.165, 1.54) is 105 Å². The Morgan fingerprint density at radius 3 is 1.54 bits per heavy atom. The van der Waals surface area contributed by atoms with Gasteiger partial charge < -0.3 is 9.47 Å². The molecule has 2 heteroatoms. The summed E-state index contributed by atoms with van der Waals surface area (Å²) >= 11 is 0. The first-order valence-corrected chi connectivity index (χ1v) is 25.0. The maximum atomic E-state index is 2.55. The second kappa shape index (κ2) is 16.2. The van der Waals surface area contributed by atoms with E-state index in [1.54, 1.807) is 0 Å². The number of rotatable bonds is 9. The van der Waals surface area contributed by atoms with Crippen LogP contribution in [0.4, 0.5) is 17.1 Å². The van der Waals surface area contributed by atoms with E-state index in [-0.39, 0.29) is 10.8 Å². The lowest BCUT2D eigenvalue weighted by atomic mass is 9.73. The fraction of sp³-hybridized carbons (Fsp3) is 0.118. The molecule has 0 atom stereocenters. The highest BCUT2D eigenvalue weighted by molar-refractivity contribution is 6.09. The highest BCUT2D eigenvalue weighted by atomic mass is 15.1. The molecule has 70 heavy (non-hydrogen) atoms. The zero-order chi connectivity index (χ0) is 47.1. The van der Waals surface area contributed by atoms with E-state index in [0.29, 0.717) is 0 Å². The van der Waals surface area contributed by atoms with Crippen molar-refractivity contribution in [2.45, 2.75) is 51.4 Å². The van der Waals surface area contributed by atoms with E-state index in [4.69, 9.17) is 0 Å². The maximum Gasteiger partial charge on any atom is 0.0541 e. The number of para-hydroxylation sites is 4. The Hall–Kier alpha value is -8.20. The third-order valence-corrected chi connectivity index (χ3v) is 16.1. The van der Waals surface area contributed by atoms with Crippen LogP contribution in [0, 0.1) is 0 Å². The molecule has 11 aromatic rings. The number of anilines is 3. The lowest BCUT2D eigenvalue weighted by molar-refractivity contribution is 0.490. The summed E-state index contributed by atoms with van der Waals surface area (Å²) in [6.45, 7) is 9.53. The van der Waals surface area contributed by atoms with Gasteiger partial charge in [0.15, 0.2) is 0 Å². The smallest absolute Gasteiger partial charge is 0.0541 e. The molecule has 0 spiro atoms. The zero-order valence-electron chi connectivity index (χ0n) is 40.2. The quantitative estimate of drug-likeness (QED) is 0.140. The number of nitrogens with zero attached hydrogens (tertiary/aromatic N) is 2. The van der Waals surface area contributed by atoms with Gasteiger partial charge in [0, 0.05) is 44.1 Å². The average molecular weight is 899 g/mol. The van der Waals surface area contributed by atoms with Gasteiger partial charge in [0.1, 0.15) is 0 Å². The summed E-state index contributed by atoms with van der Waals surface area (Å²) in [5.74, 6) is 0. The Morgan fingerprint density at radius 1 is 0.357 bits per heavy atom. The Bertz CT molecular complexity index is 3790. The van der Waals surface area contributed by atoms with Crippen LogP contribution in [0.5, 0.6) is 0 Å². The summed E-state index contributed by atoms with van der Waals surface area (Å²) in [7, 11) is 0. The number of aromatic nitrogens is 1. The lowest BCUT2D eigenvalue weighted by Crippen LogP contribution is -2.24. The summed E-state index contributed by atoms with van der Waals surface area (Å²) in [5.41, 5.74) is 24.9. The first kappa shape index (κ1) is 41.9. The molecule has 0 radical (unpaired) electrons. The van der Waals surface area contributed by atoms with Gasteiger partial charge in [-0.2, -0.15) is 0 Å². The molecule has 1 heterocycles. The van der Waals surface area contributed by atoms with Crippen molar-refractivity contribution in [3.8, 4) is 61.3 Å². The van der Waals surface area contributed by atoms with Crippen LogP contribution >= 0.6 is 0 Å². The minimum atomic E-state index is -0.190. The lowest BCUT2D eigenvalue weighted by Gasteiger charge is -2.33. The number of hydrogen-bond donors (Lipinski definition) is 0. The summed E-state index contributed by atoms with van der Waals surface area (Å²) < 4.78 is 2.47. The van der Waals surface area contributed by atoms with E-state index in [9.17, 15) is 0 Å². The van der Waals surface area contributed by atoms with E-state index >= 15 is 0 Å². The van der Waals surface area contributed by atoms with Crippen LogP contribution in [0.1, 0.15) is 62.8 Å². The minimum Gasteiger partial charge on any atom is -0.309 e. The second-order valence-electron chi connectivity index (χ2n) is 19.9. The molecule has 0 N–H and O–H groups in total. The van der Waals surface area contributed by atoms with E-state index in [2.05, 4.69) is 268 Å². The van der Waals surface area contributed by atoms with Crippen molar-refractivity contribution in [1.29, 1.82) is 0 Å². The molecule has 0 amide bonds. The number of fused-ring (bicyclic) bond motifs is 9. The molecular weight excluding hydrogens is 845 g/mol. The number of hydrogen-bond acceptors (Lipinski definition) is 1. The highest BCUT2D eigenvalue weighted by Gasteiger charge is 2.42. The van der Waals surface area contributed by atoms with Crippen LogP contribution in [0.3, 0.4) is 0 Å². The van der Waals surface area contributed by atoms with Crippen LogP contribution in [-0.4, -0.2) is 4.57 Å².